The minimum atomic E-state index is -1.22. The van der Waals surface area contributed by atoms with Gasteiger partial charge in [-0.1, -0.05) is 0 Å². The van der Waals surface area contributed by atoms with E-state index < -0.39 is 23.3 Å². The molecule has 8 nitrogen and oxygen atoms in total. The van der Waals surface area contributed by atoms with Crippen molar-refractivity contribution in [1.29, 1.82) is 0 Å². The van der Waals surface area contributed by atoms with Gasteiger partial charge in [-0.25, -0.2) is 4.79 Å². The van der Waals surface area contributed by atoms with E-state index in [1.807, 2.05) is 0 Å². The van der Waals surface area contributed by atoms with Gasteiger partial charge in [0.05, 0.1) is 17.7 Å². The first-order chi connectivity index (χ1) is 9.22. The minimum absolute atomic E-state index is 0.220. The number of rotatable bonds is 5. The first-order valence-corrected chi connectivity index (χ1v) is 6.00. The predicted octanol–water partition coefficient (Wildman–Crippen LogP) is 0.247. The molecule has 0 radical (unpaired) electrons. The molecule has 1 heterocycles. The first-order valence-electron chi connectivity index (χ1n) is 6.00. The summed E-state index contributed by atoms with van der Waals surface area (Å²) >= 11 is 0. The third kappa shape index (κ3) is 4.38. The van der Waals surface area contributed by atoms with Gasteiger partial charge in [0.2, 0.25) is 5.91 Å². The van der Waals surface area contributed by atoms with Gasteiger partial charge in [0.15, 0.2) is 0 Å². The molecule has 0 saturated carbocycles. The molecule has 0 aliphatic carbocycles. The molecule has 20 heavy (non-hydrogen) atoms. The fourth-order valence-electron chi connectivity index (χ4n) is 1.44. The Morgan fingerprint density at radius 2 is 2.05 bits per heavy atom. The molecule has 8 heteroatoms. The summed E-state index contributed by atoms with van der Waals surface area (Å²) in [5, 5.41) is 17.4. The van der Waals surface area contributed by atoms with Gasteiger partial charge in [0.25, 0.3) is 0 Å². The van der Waals surface area contributed by atoms with Crippen molar-refractivity contribution in [2.75, 3.05) is 0 Å². The standard InChI is InChI=1S/C12H18N4O4/c1-12(2,10(18)19)6-9(17)15-11(20)13-7-8-4-5-14-16(8)3/h4-5H,6-7H2,1-3H3,(H,18,19)(H2,13,15,17,20). The maximum absolute atomic E-state index is 11.5. The fraction of sp³-hybridized carbons (Fsp3) is 0.500. The molecule has 0 fully saturated rings. The van der Waals surface area contributed by atoms with Crippen molar-refractivity contribution in [2.45, 2.75) is 26.8 Å². The molecule has 3 amide bonds. The Balaban J connectivity index is 2.41. The van der Waals surface area contributed by atoms with Crippen LogP contribution in [0.5, 0.6) is 0 Å². The Morgan fingerprint density at radius 1 is 1.40 bits per heavy atom. The van der Waals surface area contributed by atoms with E-state index in [4.69, 9.17) is 5.11 Å². The van der Waals surface area contributed by atoms with E-state index in [9.17, 15) is 14.4 Å². The van der Waals surface area contributed by atoms with E-state index in [-0.39, 0.29) is 13.0 Å². The van der Waals surface area contributed by atoms with Gasteiger partial charge < -0.3 is 10.4 Å². The number of carbonyl (C=O) groups is 3. The van der Waals surface area contributed by atoms with Crippen LogP contribution in [-0.4, -0.2) is 32.8 Å². The summed E-state index contributed by atoms with van der Waals surface area (Å²) in [6.07, 6.45) is 1.32. The zero-order chi connectivity index (χ0) is 15.3. The molecule has 0 aliphatic heterocycles. The number of amides is 3. The van der Waals surface area contributed by atoms with Crippen molar-refractivity contribution in [1.82, 2.24) is 20.4 Å². The number of aromatic nitrogens is 2. The molecular formula is C12H18N4O4. The van der Waals surface area contributed by atoms with E-state index in [0.717, 1.165) is 5.69 Å². The third-order valence-corrected chi connectivity index (χ3v) is 2.79. The van der Waals surface area contributed by atoms with Crippen LogP contribution in [0.2, 0.25) is 0 Å². The van der Waals surface area contributed by atoms with Crippen LogP contribution in [0.25, 0.3) is 0 Å². The smallest absolute Gasteiger partial charge is 0.321 e. The lowest BCUT2D eigenvalue weighted by molar-refractivity contribution is -0.149. The Labute approximate surface area is 116 Å². The highest BCUT2D eigenvalue weighted by Gasteiger charge is 2.30. The first kappa shape index (κ1) is 15.7. The summed E-state index contributed by atoms with van der Waals surface area (Å²) in [5.74, 6) is -1.73. The highest BCUT2D eigenvalue weighted by molar-refractivity contribution is 5.96. The maximum atomic E-state index is 11.5. The number of nitrogens with one attached hydrogen (secondary N) is 2. The van der Waals surface area contributed by atoms with Crippen LogP contribution >= 0.6 is 0 Å². The summed E-state index contributed by atoms with van der Waals surface area (Å²) in [4.78, 5) is 33.9. The van der Waals surface area contributed by atoms with Gasteiger partial charge in [-0.3, -0.25) is 19.6 Å². The molecule has 3 N–H and O–H groups in total. The van der Waals surface area contributed by atoms with Crippen LogP contribution in [0, 0.1) is 5.41 Å². The summed E-state index contributed by atoms with van der Waals surface area (Å²) in [5.41, 5.74) is -0.440. The van der Waals surface area contributed by atoms with Crippen LogP contribution in [0.4, 0.5) is 4.79 Å². The van der Waals surface area contributed by atoms with Crippen molar-refractivity contribution in [3.8, 4) is 0 Å². The molecule has 0 aliphatic rings. The number of imide groups is 1. The molecule has 0 spiro atoms. The van der Waals surface area contributed by atoms with Gasteiger partial charge in [0, 0.05) is 19.7 Å². The van der Waals surface area contributed by atoms with Crippen molar-refractivity contribution in [2.24, 2.45) is 12.5 Å². The Bertz CT molecular complexity index is 521. The van der Waals surface area contributed by atoms with E-state index >= 15 is 0 Å². The minimum Gasteiger partial charge on any atom is -0.481 e. The van der Waals surface area contributed by atoms with Crippen LogP contribution in [0.15, 0.2) is 12.3 Å². The van der Waals surface area contributed by atoms with Gasteiger partial charge in [-0.15, -0.1) is 0 Å². The highest BCUT2D eigenvalue weighted by atomic mass is 16.4. The van der Waals surface area contributed by atoms with Gasteiger partial charge in [0.1, 0.15) is 0 Å². The van der Waals surface area contributed by atoms with Crippen LogP contribution in [0.3, 0.4) is 0 Å². The zero-order valence-electron chi connectivity index (χ0n) is 11.6. The monoisotopic (exact) mass is 282 g/mol. The zero-order valence-corrected chi connectivity index (χ0v) is 11.6. The second-order valence-corrected chi connectivity index (χ2v) is 5.04. The van der Waals surface area contributed by atoms with Gasteiger partial charge >= 0.3 is 12.0 Å². The Kier molecular flexibility index (Phi) is 4.84. The molecule has 1 rings (SSSR count). The molecular weight excluding hydrogens is 264 g/mol. The van der Waals surface area contributed by atoms with E-state index in [0.29, 0.717) is 0 Å². The van der Waals surface area contributed by atoms with Crippen LogP contribution in [-0.2, 0) is 23.2 Å². The predicted molar refractivity (Wildman–Crippen MR) is 69.6 cm³/mol. The average molecular weight is 282 g/mol. The van der Waals surface area contributed by atoms with Crippen LogP contribution in [0.1, 0.15) is 26.0 Å². The van der Waals surface area contributed by atoms with Crippen molar-refractivity contribution in [3.05, 3.63) is 18.0 Å². The lowest BCUT2D eigenvalue weighted by atomic mass is 9.89. The van der Waals surface area contributed by atoms with Gasteiger partial charge in [-0.2, -0.15) is 5.10 Å². The van der Waals surface area contributed by atoms with Crippen molar-refractivity contribution in [3.63, 3.8) is 0 Å². The number of nitrogens with zero attached hydrogens (tertiary/aromatic N) is 2. The number of aliphatic carboxylic acids is 1. The van der Waals surface area contributed by atoms with Crippen LogP contribution < -0.4 is 10.6 Å². The second-order valence-electron chi connectivity index (χ2n) is 5.04. The van der Waals surface area contributed by atoms with E-state index in [1.54, 1.807) is 24.0 Å². The van der Waals surface area contributed by atoms with E-state index in [2.05, 4.69) is 15.7 Å². The SMILES string of the molecule is Cn1nccc1CNC(=O)NC(=O)CC(C)(C)C(=O)O. The maximum Gasteiger partial charge on any atom is 0.321 e. The summed E-state index contributed by atoms with van der Waals surface area (Å²) in [6, 6.07) is 1.06. The molecule has 0 saturated heterocycles. The number of carboxylic acids is 1. The Morgan fingerprint density at radius 3 is 2.55 bits per heavy atom. The van der Waals surface area contributed by atoms with Crippen molar-refractivity contribution < 1.29 is 19.5 Å². The topological polar surface area (TPSA) is 113 Å². The fourth-order valence-corrected chi connectivity index (χ4v) is 1.44. The number of hydrogen-bond donors (Lipinski definition) is 3. The lowest BCUT2D eigenvalue weighted by Gasteiger charge is -2.17. The molecule has 0 bridgehead atoms. The number of carboxylic acid groups (broad SMARTS) is 1. The number of aryl methyl sites for hydroxylation is 1. The second kappa shape index (κ2) is 6.18. The molecule has 0 aromatic carbocycles. The quantitative estimate of drug-likeness (QED) is 0.716. The number of carbonyl (C=O) groups excluding carboxylic acids is 2. The lowest BCUT2D eigenvalue weighted by Crippen LogP contribution is -2.42. The molecule has 0 atom stereocenters. The molecule has 1 aromatic rings. The number of urea groups is 1. The largest absolute Gasteiger partial charge is 0.481 e. The molecule has 1 aromatic heterocycles. The van der Waals surface area contributed by atoms with Crippen molar-refractivity contribution >= 4 is 17.9 Å². The average Bonchev–Trinajstić information content (AvgIpc) is 2.71. The summed E-state index contributed by atoms with van der Waals surface area (Å²) < 4.78 is 1.59. The Hall–Kier alpha value is -2.38. The van der Waals surface area contributed by atoms with Gasteiger partial charge in [-0.05, 0) is 19.9 Å². The molecule has 110 valence electrons. The number of hydrogen-bond acceptors (Lipinski definition) is 4. The third-order valence-electron chi connectivity index (χ3n) is 2.79. The highest BCUT2D eigenvalue weighted by Crippen LogP contribution is 2.19. The molecule has 0 unspecified atom stereocenters. The summed E-state index contributed by atoms with van der Waals surface area (Å²) in [6.45, 7) is 3.06. The summed E-state index contributed by atoms with van der Waals surface area (Å²) in [7, 11) is 1.73. The van der Waals surface area contributed by atoms with E-state index in [1.165, 1.54) is 13.8 Å². The normalized spacial score (nSPS) is 10.9.